The largest absolute Gasteiger partial charge is 0.477 e. The maximum Gasteiger partial charge on any atom is 0.354 e. The van der Waals surface area contributed by atoms with Gasteiger partial charge in [-0.3, -0.25) is 4.79 Å². The molecule has 80 valence electrons. The number of carboxylic acid groups (broad SMARTS) is 1. The summed E-state index contributed by atoms with van der Waals surface area (Å²) in [6, 6.07) is 2.26. The zero-order chi connectivity index (χ0) is 11.4. The fourth-order valence-electron chi connectivity index (χ4n) is 0.970. The van der Waals surface area contributed by atoms with Crippen LogP contribution in [0.4, 0.5) is 0 Å². The first-order valence-electron chi connectivity index (χ1n) is 4.20. The Bertz CT molecular complexity index is 448. The normalized spacial score (nSPS) is 9.67. The second kappa shape index (κ2) is 4.41. The summed E-state index contributed by atoms with van der Waals surface area (Å²) < 4.78 is 4.63. The molecule has 0 fully saturated rings. The number of hydrogen-bond donors (Lipinski definition) is 2. The standard InChI is InChI=1S/C9H9NO5/c1-2-15-9(14)6-4-3-5(8(12)13)7(11)10-6/h3-4H,2H2,1H3,(H,10,11)(H,12,13). The molecule has 0 saturated carbocycles. The lowest BCUT2D eigenvalue weighted by Crippen LogP contribution is -2.21. The van der Waals surface area contributed by atoms with Gasteiger partial charge in [0, 0.05) is 0 Å². The third kappa shape index (κ3) is 2.43. The van der Waals surface area contributed by atoms with Crippen LogP contribution >= 0.6 is 0 Å². The highest BCUT2D eigenvalue weighted by atomic mass is 16.5. The molecular weight excluding hydrogens is 202 g/mol. The fraction of sp³-hybridized carbons (Fsp3) is 0.222. The van der Waals surface area contributed by atoms with E-state index in [0.29, 0.717) is 0 Å². The molecule has 0 atom stereocenters. The molecule has 0 bridgehead atoms. The van der Waals surface area contributed by atoms with Gasteiger partial charge in [0.2, 0.25) is 0 Å². The minimum atomic E-state index is -1.34. The Kier molecular flexibility index (Phi) is 3.22. The summed E-state index contributed by atoms with van der Waals surface area (Å²) in [5.74, 6) is -2.03. The average molecular weight is 211 g/mol. The molecule has 1 aromatic rings. The van der Waals surface area contributed by atoms with Gasteiger partial charge in [-0.25, -0.2) is 9.59 Å². The molecule has 2 N–H and O–H groups in total. The SMILES string of the molecule is CCOC(=O)c1ccc(C(=O)O)c(=O)[nH]1. The van der Waals surface area contributed by atoms with Gasteiger partial charge in [-0.15, -0.1) is 0 Å². The molecule has 6 heteroatoms. The second-order valence-corrected chi connectivity index (χ2v) is 2.64. The molecular formula is C9H9NO5. The molecule has 15 heavy (non-hydrogen) atoms. The summed E-state index contributed by atoms with van der Waals surface area (Å²) in [6.07, 6.45) is 0. The van der Waals surface area contributed by atoms with E-state index in [1.54, 1.807) is 6.92 Å². The van der Waals surface area contributed by atoms with Crippen molar-refractivity contribution in [3.63, 3.8) is 0 Å². The van der Waals surface area contributed by atoms with Crippen molar-refractivity contribution in [2.24, 2.45) is 0 Å². The van der Waals surface area contributed by atoms with Crippen LogP contribution in [-0.4, -0.2) is 28.6 Å². The van der Waals surface area contributed by atoms with E-state index in [0.717, 1.165) is 6.07 Å². The lowest BCUT2D eigenvalue weighted by atomic mass is 10.2. The number of carbonyl (C=O) groups excluding carboxylic acids is 1. The first-order chi connectivity index (χ1) is 7.06. The maximum atomic E-state index is 11.1. The van der Waals surface area contributed by atoms with Crippen molar-refractivity contribution >= 4 is 11.9 Å². The lowest BCUT2D eigenvalue weighted by Gasteiger charge is -2.01. The van der Waals surface area contributed by atoms with E-state index in [1.807, 2.05) is 0 Å². The zero-order valence-corrected chi connectivity index (χ0v) is 7.94. The molecule has 0 amide bonds. The van der Waals surface area contributed by atoms with E-state index in [9.17, 15) is 14.4 Å². The number of H-pyrrole nitrogens is 1. The van der Waals surface area contributed by atoms with Crippen LogP contribution in [0.1, 0.15) is 27.8 Å². The van der Waals surface area contributed by atoms with Crippen LogP contribution in [0.3, 0.4) is 0 Å². The van der Waals surface area contributed by atoms with Gasteiger partial charge in [0.1, 0.15) is 11.3 Å². The highest BCUT2D eigenvalue weighted by Gasteiger charge is 2.12. The van der Waals surface area contributed by atoms with Crippen LogP contribution in [0.25, 0.3) is 0 Å². The van der Waals surface area contributed by atoms with Gasteiger partial charge in [0.25, 0.3) is 5.56 Å². The van der Waals surface area contributed by atoms with Crippen LogP contribution in [0.2, 0.25) is 0 Å². The zero-order valence-electron chi connectivity index (χ0n) is 7.94. The molecule has 0 saturated heterocycles. The van der Waals surface area contributed by atoms with E-state index in [2.05, 4.69) is 9.72 Å². The van der Waals surface area contributed by atoms with Crippen molar-refractivity contribution in [1.29, 1.82) is 0 Å². The van der Waals surface area contributed by atoms with Crippen LogP contribution < -0.4 is 5.56 Å². The van der Waals surface area contributed by atoms with Crippen molar-refractivity contribution in [2.45, 2.75) is 6.92 Å². The van der Waals surface area contributed by atoms with Crippen LogP contribution in [0.15, 0.2) is 16.9 Å². The molecule has 1 rings (SSSR count). The molecule has 1 heterocycles. The van der Waals surface area contributed by atoms with Gasteiger partial charge in [0.05, 0.1) is 6.61 Å². The van der Waals surface area contributed by atoms with Crippen molar-refractivity contribution < 1.29 is 19.4 Å². The van der Waals surface area contributed by atoms with Crippen molar-refractivity contribution in [2.75, 3.05) is 6.61 Å². The first kappa shape index (κ1) is 11.0. The third-order valence-electron chi connectivity index (χ3n) is 1.64. The Morgan fingerprint density at radius 2 is 2.13 bits per heavy atom. The Labute approximate surface area is 84.5 Å². The van der Waals surface area contributed by atoms with E-state index < -0.39 is 23.1 Å². The number of aromatic carboxylic acids is 1. The first-order valence-corrected chi connectivity index (χ1v) is 4.20. The van der Waals surface area contributed by atoms with Crippen LogP contribution in [0.5, 0.6) is 0 Å². The molecule has 0 radical (unpaired) electrons. The Morgan fingerprint density at radius 1 is 1.47 bits per heavy atom. The van der Waals surface area contributed by atoms with Crippen LogP contribution in [0, 0.1) is 0 Å². The van der Waals surface area contributed by atoms with Crippen molar-refractivity contribution in [3.05, 3.63) is 33.7 Å². The quantitative estimate of drug-likeness (QED) is 0.698. The second-order valence-electron chi connectivity index (χ2n) is 2.64. The number of carbonyl (C=O) groups is 2. The molecule has 0 spiro atoms. The summed E-state index contributed by atoms with van der Waals surface area (Å²) in [7, 11) is 0. The van der Waals surface area contributed by atoms with Gasteiger partial charge < -0.3 is 14.8 Å². The Morgan fingerprint density at radius 3 is 2.60 bits per heavy atom. The summed E-state index contributed by atoms with van der Waals surface area (Å²) >= 11 is 0. The predicted octanol–water partition coefficient (Wildman–Crippen LogP) is 0.250. The van der Waals surface area contributed by atoms with Crippen molar-refractivity contribution in [3.8, 4) is 0 Å². The average Bonchev–Trinajstić information content (AvgIpc) is 2.17. The number of rotatable bonds is 3. The molecule has 0 unspecified atom stereocenters. The molecule has 1 aromatic heterocycles. The number of esters is 1. The minimum absolute atomic E-state index is 0.0631. The van der Waals surface area contributed by atoms with E-state index in [1.165, 1.54) is 6.07 Å². The smallest absolute Gasteiger partial charge is 0.354 e. The number of carboxylic acids is 1. The Hall–Kier alpha value is -2.11. The number of ether oxygens (including phenoxy) is 1. The number of aromatic amines is 1. The number of aromatic nitrogens is 1. The molecule has 0 aliphatic heterocycles. The summed E-state index contributed by atoms with van der Waals surface area (Å²) in [5, 5.41) is 8.56. The molecule has 0 aliphatic carbocycles. The van der Waals surface area contributed by atoms with Crippen molar-refractivity contribution in [1.82, 2.24) is 4.98 Å². The highest BCUT2D eigenvalue weighted by Crippen LogP contribution is 1.97. The minimum Gasteiger partial charge on any atom is -0.477 e. The monoisotopic (exact) mass is 211 g/mol. The highest BCUT2D eigenvalue weighted by molar-refractivity contribution is 5.90. The number of pyridine rings is 1. The van der Waals surface area contributed by atoms with Gasteiger partial charge in [-0.1, -0.05) is 0 Å². The van der Waals surface area contributed by atoms with Gasteiger partial charge in [-0.05, 0) is 19.1 Å². The Balaban J connectivity index is 3.07. The molecule has 6 nitrogen and oxygen atoms in total. The lowest BCUT2D eigenvalue weighted by molar-refractivity contribution is 0.0517. The predicted molar refractivity (Wildman–Crippen MR) is 50.0 cm³/mol. The van der Waals surface area contributed by atoms with Gasteiger partial charge >= 0.3 is 11.9 Å². The summed E-state index contributed by atoms with van der Waals surface area (Å²) in [6.45, 7) is 1.81. The van der Waals surface area contributed by atoms with Crippen LogP contribution in [-0.2, 0) is 4.74 Å². The summed E-state index contributed by atoms with van der Waals surface area (Å²) in [4.78, 5) is 34.9. The van der Waals surface area contributed by atoms with E-state index in [4.69, 9.17) is 5.11 Å². The maximum absolute atomic E-state index is 11.1. The third-order valence-corrected chi connectivity index (χ3v) is 1.64. The van der Waals surface area contributed by atoms with Gasteiger partial charge in [0.15, 0.2) is 0 Å². The van der Waals surface area contributed by atoms with Gasteiger partial charge in [-0.2, -0.15) is 0 Å². The number of nitrogens with one attached hydrogen (secondary N) is 1. The van der Waals surface area contributed by atoms with E-state index in [-0.39, 0.29) is 12.3 Å². The summed E-state index contributed by atoms with van der Waals surface area (Å²) in [5.41, 5.74) is -1.30. The fourth-order valence-corrected chi connectivity index (χ4v) is 0.970. The number of hydrogen-bond acceptors (Lipinski definition) is 4. The molecule has 0 aliphatic rings. The molecule has 0 aromatic carbocycles. The van der Waals surface area contributed by atoms with E-state index >= 15 is 0 Å². The topological polar surface area (TPSA) is 96.5 Å².